The van der Waals surface area contributed by atoms with Gasteiger partial charge < -0.3 is 10.1 Å². The summed E-state index contributed by atoms with van der Waals surface area (Å²) in [5.41, 5.74) is 1.79. The summed E-state index contributed by atoms with van der Waals surface area (Å²) in [6.45, 7) is 13.9. The fraction of sp³-hybridized carbons (Fsp3) is 0.609. The molecule has 1 amide bonds. The third-order valence-electron chi connectivity index (χ3n) is 5.71. The van der Waals surface area contributed by atoms with Gasteiger partial charge in [0.1, 0.15) is 0 Å². The molecule has 0 saturated heterocycles. The van der Waals surface area contributed by atoms with Gasteiger partial charge in [-0.3, -0.25) is 9.36 Å². The number of carbonyl (C=O) groups is 1. The number of aromatic nitrogens is 3. The summed E-state index contributed by atoms with van der Waals surface area (Å²) in [7, 11) is 1.63. The number of nitrogens with one attached hydrogen (secondary N) is 1. The monoisotopic (exact) mass is 462 g/mol. The summed E-state index contributed by atoms with van der Waals surface area (Å²) in [4.78, 5) is 14.9. The van der Waals surface area contributed by atoms with Crippen molar-refractivity contribution in [3.63, 3.8) is 0 Å². The zero-order valence-corrected chi connectivity index (χ0v) is 20.9. The lowest BCUT2D eigenvalue weighted by atomic mass is 9.72. The first-order valence-corrected chi connectivity index (χ1v) is 12.6. The number of fused-ring (bicyclic) bond motifs is 1. The van der Waals surface area contributed by atoms with Crippen LogP contribution in [0.15, 0.2) is 23.9 Å². The Morgan fingerprint density at radius 1 is 1.48 bits per heavy atom. The quantitative estimate of drug-likeness (QED) is 0.436. The number of thioether (sulfide) groups is 1. The van der Waals surface area contributed by atoms with Crippen LogP contribution in [0, 0.1) is 11.3 Å². The normalized spacial score (nSPS) is 17.3. The first kappa shape index (κ1) is 24.0. The van der Waals surface area contributed by atoms with E-state index in [4.69, 9.17) is 4.74 Å². The maximum atomic E-state index is 12.2. The van der Waals surface area contributed by atoms with Crippen molar-refractivity contribution >= 4 is 29.0 Å². The van der Waals surface area contributed by atoms with E-state index in [9.17, 15) is 4.79 Å². The Balaban J connectivity index is 1.75. The van der Waals surface area contributed by atoms with Gasteiger partial charge in [0.15, 0.2) is 11.0 Å². The molecular formula is C23H34N4O2S2. The highest BCUT2D eigenvalue weighted by atomic mass is 32.2. The van der Waals surface area contributed by atoms with E-state index in [-0.39, 0.29) is 17.7 Å². The van der Waals surface area contributed by atoms with Crippen LogP contribution in [0.1, 0.15) is 44.6 Å². The Labute approximate surface area is 193 Å². The molecule has 170 valence electrons. The van der Waals surface area contributed by atoms with Gasteiger partial charge in [-0.1, -0.05) is 38.6 Å². The lowest BCUT2D eigenvalue weighted by Gasteiger charge is -2.33. The number of rotatable bonds is 9. The number of aryl methyl sites for hydroxylation is 1. The van der Waals surface area contributed by atoms with Crippen molar-refractivity contribution in [2.24, 2.45) is 11.3 Å². The molecule has 1 N–H and O–H groups in total. The predicted octanol–water partition coefficient (Wildman–Crippen LogP) is 4.59. The lowest BCUT2D eigenvalue weighted by Crippen LogP contribution is -2.36. The number of carbonyl (C=O) groups excluding carboxylic acids is 1. The summed E-state index contributed by atoms with van der Waals surface area (Å²) < 4.78 is 7.13. The van der Waals surface area contributed by atoms with Crippen molar-refractivity contribution in [3.8, 4) is 10.7 Å². The SMILES string of the molecule is C=CCn1c(SCC(=O)NC(C)COC)nnc1-c1cc2c(s1)CCC(C(C)(C)C)C2. The fourth-order valence-corrected chi connectivity index (χ4v) is 5.94. The molecule has 6 nitrogen and oxygen atoms in total. The molecule has 0 spiro atoms. The van der Waals surface area contributed by atoms with Crippen LogP contribution in [0.3, 0.4) is 0 Å². The molecule has 0 saturated carbocycles. The molecule has 3 rings (SSSR count). The summed E-state index contributed by atoms with van der Waals surface area (Å²) >= 11 is 3.24. The molecule has 0 aliphatic heterocycles. The van der Waals surface area contributed by atoms with Crippen molar-refractivity contribution in [2.75, 3.05) is 19.5 Å². The van der Waals surface area contributed by atoms with Crippen LogP contribution in [0.5, 0.6) is 0 Å². The highest BCUT2D eigenvalue weighted by Crippen LogP contribution is 2.42. The second-order valence-electron chi connectivity index (χ2n) is 9.28. The van der Waals surface area contributed by atoms with Gasteiger partial charge in [0.25, 0.3) is 0 Å². The standard InChI is InChI=1S/C23H34N4O2S2/c1-7-10-27-21(25-26-22(27)30-14-20(28)24-15(2)13-29-6)19-12-16-11-17(23(3,4)5)8-9-18(16)31-19/h7,12,15,17H,1,8-11,13-14H2,2-6H3,(H,24,28). The van der Waals surface area contributed by atoms with Gasteiger partial charge >= 0.3 is 0 Å². The van der Waals surface area contributed by atoms with E-state index in [1.807, 2.05) is 24.3 Å². The average Bonchev–Trinajstić information content (AvgIpc) is 3.29. The molecule has 0 aromatic carbocycles. The van der Waals surface area contributed by atoms with Crippen molar-refractivity contribution < 1.29 is 9.53 Å². The van der Waals surface area contributed by atoms with Crippen LogP contribution in [-0.4, -0.2) is 46.2 Å². The van der Waals surface area contributed by atoms with E-state index in [1.54, 1.807) is 7.11 Å². The summed E-state index contributed by atoms with van der Waals surface area (Å²) in [5.74, 6) is 1.82. The second-order valence-corrected chi connectivity index (χ2v) is 11.4. The number of nitrogens with zero attached hydrogens (tertiary/aromatic N) is 3. The third-order valence-corrected chi connectivity index (χ3v) is 7.91. The van der Waals surface area contributed by atoms with Crippen molar-refractivity contribution in [1.29, 1.82) is 0 Å². The number of methoxy groups -OCH3 is 1. The van der Waals surface area contributed by atoms with E-state index in [1.165, 1.54) is 28.6 Å². The Morgan fingerprint density at radius 3 is 2.94 bits per heavy atom. The molecule has 2 heterocycles. The Kier molecular flexibility index (Phi) is 7.99. The Hall–Kier alpha value is -1.64. The summed E-state index contributed by atoms with van der Waals surface area (Å²) in [6.07, 6.45) is 5.36. The number of thiophene rings is 1. The van der Waals surface area contributed by atoms with Crippen molar-refractivity contribution in [2.45, 2.75) is 64.7 Å². The van der Waals surface area contributed by atoms with Gasteiger partial charge in [0.05, 0.1) is 17.2 Å². The number of amides is 1. The number of hydrogen-bond donors (Lipinski definition) is 1. The summed E-state index contributed by atoms with van der Waals surface area (Å²) in [5, 5.41) is 12.5. The molecule has 2 aromatic heterocycles. The molecule has 31 heavy (non-hydrogen) atoms. The van der Waals surface area contributed by atoms with E-state index in [0.717, 1.165) is 28.7 Å². The lowest BCUT2D eigenvalue weighted by molar-refractivity contribution is -0.119. The number of hydrogen-bond acceptors (Lipinski definition) is 6. The van der Waals surface area contributed by atoms with E-state index in [0.29, 0.717) is 24.5 Å². The summed E-state index contributed by atoms with van der Waals surface area (Å²) in [6, 6.07) is 2.28. The number of ether oxygens (including phenoxy) is 1. The Bertz CT molecular complexity index is 913. The first-order chi connectivity index (χ1) is 14.7. The van der Waals surface area contributed by atoms with Gasteiger partial charge in [0, 0.05) is 24.6 Å². The molecule has 0 bridgehead atoms. The molecule has 0 radical (unpaired) electrons. The molecule has 2 aromatic rings. The maximum Gasteiger partial charge on any atom is 0.230 e. The fourth-order valence-electron chi connectivity index (χ4n) is 3.98. The van der Waals surface area contributed by atoms with Gasteiger partial charge in [-0.25, -0.2) is 0 Å². The van der Waals surface area contributed by atoms with Gasteiger partial charge in [-0.15, -0.1) is 28.1 Å². The van der Waals surface area contributed by atoms with Crippen LogP contribution in [0.25, 0.3) is 10.7 Å². The molecule has 1 aliphatic carbocycles. The molecule has 2 atom stereocenters. The highest BCUT2D eigenvalue weighted by molar-refractivity contribution is 7.99. The van der Waals surface area contributed by atoms with E-state index in [2.05, 4.69) is 53.5 Å². The highest BCUT2D eigenvalue weighted by Gasteiger charge is 2.30. The minimum Gasteiger partial charge on any atom is -0.383 e. The minimum absolute atomic E-state index is 0.0194. The smallest absolute Gasteiger partial charge is 0.230 e. The van der Waals surface area contributed by atoms with Gasteiger partial charge in [-0.05, 0) is 49.1 Å². The molecule has 0 fully saturated rings. The van der Waals surface area contributed by atoms with Crippen molar-refractivity contribution in [1.82, 2.24) is 20.1 Å². The number of allylic oxidation sites excluding steroid dienone is 1. The van der Waals surface area contributed by atoms with Crippen LogP contribution in [0.2, 0.25) is 0 Å². The molecule has 2 unspecified atom stereocenters. The predicted molar refractivity (Wildman–Crippen MR) is 129 cm³/mol. The topological polar surface area (TPSA) is 69.0 Å². The van der Waals surface area contributed by atoms with Crippen LogP contribution >= 0.6 is 23.1 Å². The molecule has 1 aliphatic rings. The zero-order valence-electron chi connectivity index (χ0n) is 19.2. The zero-order chi connectivity index (χ0) is 22.6. The second kappa shape index (κ2) is 10.3. The maximum absolute atomic E-state index is 12.2. The average molecular weight is 463 g/mol. The van der Waals surface area contributed by atoms with Gasteiger partial charge in [0.2, 0.25) is 5.91 Å². The van der Waals surface area contributed by atoms with Crippen molar-refractivity contribution in [3.05, 3.63) is 29.2 Å². The van der Waals surface area contributed by atoms with Crippen LogP contribution in [0.4, 0.5) is 0 Å². The first-order valence-electron chi connectivity index (χ1n) is 10.8. The van der Waals surface area contributed by atoms with Gasteiger partial charge in [-0.2, -0.15) is 0 Å². The minimum atomic E-state index is -0.0379. The molecule has 8 heteroatoms. The van der Waals surface area contributed by atoms with Crippen LogP contribution in [-0.2, 0) is 28.9 Å². The van der Waals surface area contributed by atoms with E-state index >= 15 is 0 Å². The van der Waals surface area contributed by atoms with Crippen LogP contribution < -0.4 is 5.32 Å². The third kappa shape index (κ3) is 5.99. The Morgan fingerprint density at radius 2 is 2.26 bits per heavy atom. The molecular weight excluding hydrogens is 428 g/mol. The largest absolute Gasteiger partial charge is 0.383 e. The van der Waals surface area contributed by atoms with E-state index < -0.39 is 0 Å².